The van der Waals surface area contributed by atoms with E-state index in [1.165, 1.54) is 11.1 Å². The van der Waals surface area contributed by atoms with Gasteiger partial charge in [0.1, 0.15) is 0 Å². The van der Waals surface area contributed by atoms with Crippen molar-refractivity contribution in [1.29, 1.82) is 0 Å². The van der Waals surface area contributed by atoms with Crippen molar-refractivity contribution in [3.8, 4) is 0 Å². The molecule has 4 rings (SSSR count). The molecule has 5 nitrogen and oxygen atoms in total. The van der Waals surface area contributed by atoms with Crippen LogP contribution < -0.4 is 0 Å². The van der Waals surface area contributed by atoms with Gasteiger partial charge in [0.25, 0.3) is 0 Å². The first-order valence-corrected chi connectivity index (χ1v) is 13.8. The molecular weight excluding hydrogens is 493 g/mol. The number of amides is 2. The molecule has 2 heterocycles. The molecule has 36 heavy (non-hydrogen) atoms. The van der Waals surface area contributed by atoms with Gasteiger partial charge in [0, 0.05) is 62.2 Å². The quantitative estimate of drug-likeness (QED) is 0.467. The lowest BCUT2D eigenvalue weighted by molar-refractivity contribution is -0.139. The van der Waals surface area contributed by atoms with E-state index in [1.807, 2.05) is 29.2 Å². The average molecular weight is 531 g/mol. The second-order valence-corrected chi connectivity index (χ2v) is 11.4. The number of nitrogens with zero attached hydrogens (tertiary/aromatic N) is 3. The second-order valence-electron chi connectivity index (χ2n) is 10.6. The molecule has 0 aromatic heterocycles. The molecule has 2 aliphatic heterocycles. The van der Waals surface area contributed by atoms with Gasteiger partial charge in [-0.25, -0.2) is 0 Å². The molecule has 0 unspecified atom stereocenters. The van der Waals surface area contributed by atoms with E-state index in [0.717, 1.165) is 49.1 Å². The van der Waals surface area contributed by atoms with Crippen molar-refractivity contribution >= 4 is 35.0 Å². The molecule has 0 N–H and O–H groups in total. The number of rotatable bonds is 6. The highest BCUT2D eigenvalue weighted by Gasteiger charge is 2.37. The number of piperidine rings is 1. The van der Waals surface area contributed by atoms with Gasteiger partial charge >= 0.3 is 0 Å². The van der Waals surface area contributed by atoms with Crippen LogP contribution in [-0.2, 0) is 9.59 Å². The highest BCUT2D eigenvalue weighted by molar-refractivity contribution is 6.30. The van der Waals surface area contributed by atoms with Crippen LogP contribution in [-0.4, -0.2) is 65.3 Å². The van der Waals surface area contributed by atoms with Crippen LogP contribution in [0.5, 0.6) is 0 Å². The molecule has 0 aliphatic carbocycles. The minimum Gasteiger partial charge on any atom is -0.343 e. The maximum atomic E-state index is 13.5. The summed E-state index contributed by atoms with van der Waals surface area (Å²) in [7, 11) is 0. The van der Waals surface area contributed by atoms with Crippen LogP contribution in [0.2, 0.25) is 10.0 Å². The van der Waals surface area contributed by atoms with E-state index in [-0.39, 0.29) is 23.9 Å². The molecule has 2 aromatic carbocycles. The number of carbonyl (C=O) groups is 2. The maximum absolute atomic E-state index is 13.5. The minimum atomic E-state index is 0.0638. The van der Waals surface area contributed by atoms with Crippen molar-refractivity contribution in [2.24, 2.45) is 11.8 Å². The second kappa shape index (κ2) is 12.0. The summed E-state index contributed by atoms with van der Waals surface area (Å²) >= 11 is 12.4. The van der Waals surface area contributed by atoms with Gasteiger partial charge in [0.2, 0.25) is 11.8 Å². The topological polar surface area (TPSA) is 43.9 Å². The van der Waals surface area contributed by atoms with Crippen molar-refractivity contribution in [1.82, 2.24) is 14.7 Å². The number of halogens is 2. The molecule has 2 fully saturated rings. The lowest BCUT2D eigenvalue weighted by atomic mass is 9.90. The summed E-state index contributed by atoms with van der Waals surface area (Å²) in [5.41, 5.74) is 2.36. The van der Waals surface area contributed by atoms with E-state index in [2.05, 4.69) is 47.9 Å². The van der Waals surface area contributed by atoms with Crippen LogP contribution in [0.15, 0.2) is 48.5 Å². The first-order valence-electron chi connectivity index (χ1n) is 13.0. The number of benzene rings is 2. The zero-order valence-corrected chi connectivity index (χ0v) is 23.0. The molecule has 194 valence electrons. The van der Waals surface area contributed by atoms with Crippen molar-refractivity contribution in [3.05, 3.63) is 69.7 Å². The number of hydrogen-bond acceptors (Lipinski definition) is 3. The molecule has 2 aliphatic rings. The van der Waals surface area contributed by atoms with Gasteiger partial charge < -0.3 is 9.80 Å². The molecule has 0 radical (unpaired) electrons. The first-order chi connectivity index (χ1) is 17.2. The normalized spacial score (nSPS) is 19.8. The predicted molar refractivity (Wildman–Crippen MR) is 146 cm³/mol. The highest BCUT2D eigenvalue weighted by Crippen LogP contribution is 2.34. The Hall–Kier alpha value is -2.08. The van der Waals surface area contributed by atoms with E-state index in [4.69, 9.17) is 23.2 Å². The third-order valence-electron chi connectivity index (χ3n) is 7.80. The fourth-order valence-electron chi connectivity index (χ4n) is 5.67. The zero-order valence-electron chi connectivity index (χ0n) is 21.5. The van der Waals surface area contributed by atoms with Gasteiger partial charge in [0.05, 0.1) is 6.04 Å². The number of carbonyl (C=O) groups excluding carboxylic acids is 2. The Kier molecular flexibility index (Phi) is 8.97. The summed E-state index contributed by atoms with van der Waals surface area (Å²) < 4.78 is 0. The van der Waals surface area contributed by atoms with Crippen LogP contribution in [0.4, 0.5) is 0 Å². The van der Waals surface area contributed by atoms with E-state index >= 15 is 0 Å². The zero-order chi connectivity index (χ0) is 25.8. The maximum Gasteiger partial charge on any atom is 0.223 e. The third kappa shape index (κ3) is 6.42. The molecular formula is C29H37Cl2N3O2. The van der Waals surface area contributed by atoms with Gasteiger partial charge in [-0.2, -0.15) is 0 Å². The van der Waals surface area contributed by atoms with Crippen LogP contribution in [0.1, 0.15) is 57.2 Å². The van der Waals surface area contributed by atoms with Gasteiger partial charge in [-0.1, -0.05) is 61.3 Å². The van der Waals surface area contributed by atoms with Crippen LogP contribution in [0.3, 0.4) is 0 Å². The van der Waals surface area contributed by atoms with Gasteiger partial charge in [0.15, 0.2) is 0 Å². The monoisotopic (exact) mass is 529 g/mol. The van der Waals surface area contributed by atoms with E-state index < -0.39 is 0 Å². The Balaban J connectivity index is 1.49. The first kappa shape index (κ1) is 27.0. The number of hydrogen-bond donors (Lipinski definition) is 0. The largest absolute Gasteiger partial charge is 0.343 e. The number of piperazine rings is 1. The van der Waals surface area contributed by atoms with Gasteiger partial charge in [-0.3, -0.25) is 14.5 Å². The Bertz CT molecular complexity index is 988. The molecule has 0 spiro atoms. The van der Waals surface area contributed by atoms with E-state index in [0.29, 0.717) is 24.8 Å². The highest BCUT2D eigenvalue weighted by atomic mass is 35.5. The number of likely N-dealkylation sites (tertiary alicyclic amines) is 1. The van der Waals surface area contributed by atoms with Crippen molar-refractivity contribution in [2.75, 3.05) is 32.7 Å². The lowest BCUT2D eigenvalue weighted by Gasteiger charge is -2.47. The van der Waals surface area contributed by atoms with E-state index in [1.54, 1.807) is 6.92 Å². The lowest BCUT2D eigenvalue weighted by Crippen LogP contribution is -2.58. The molecule has 0 bridgehead atoms. The van der Waals surface area contributed by atoms with Crippen LogP contribution >= 0.6 is 23.2 Å². The summed E-state index contributed by atoms with van der Waals surface area (Å²) in [5.74, 6) is 1.08. The van der Waals surface area contributed by atoms with Gasteiger partial charge in [-0.15, -0.1) is 0 Å². The Morgan fingerprint density at radius 2 is 1.39 bits per heavy atom. The summed E-state index contributed by atoms with van der Waals surface area (Å²) in [6.07, 6.45) is 2.40. The van der Waals surface area contributed by atoms with Crippen LogP contribution in [0.25, 0.3) is 0 Å². The van der Waals surface area contributed by atoms with Crippen molar-refractivity contribution in [3.63, 3.8) is 0 Å². The Labute approximate surface area is 225 Å². The standard InChI is InChI=1S/C29H37Cl2N3O2/c1-20(2)27-19-33(16-17-34(27)28(36)18-22-12-14-32(15-13-22)21(3)35)29(23-4-8-25(30)9-5-23)24-6-10-26(31)11-7-24/h4-11,20,22,27,29H,12-19H2,1-3H3/t27-/m1/s1. The van der Waals surface area contributed by atoms with Crippen molar-refractivity contribution in [2.45, 2.75) is 52.1 Å². The fraction of sp³-hybridized carbons (Fsp3) is 0.517. The fourth-order valence-corrected chi connectivity index (χ4v) is 5.92. The molecule has 1 atom stereocenters. The summed E-state index contributed by atoms with van der Waals surface area (Å²) in [6.45, 7) is 9.89. The van der Waals surface area contributed by atoms with E-state index in [9.17, 15) is 9.59 Å². The van der Waals surface area contributed by atoms with Gasteiger partial charge in [-0.05, 0) is 60.1 Å². The summed E-state index contributed by atoms with van der Waals surface area (Å²) in [4.78, 5) is 31.6. The average Bonchev–Trinajstić information content (AvgIpc) is 2.86. The molecule has 0 saturated carbocycles. The Morgan fingerprint density at radius 3 is 1.86 bits per heavy atom. The molecule has 7 heteroatoms. The SMILES string of the molecule is CC(=O)N1CCC(CC(=O)N2CCN(C(c3ccc(Cl)cc3)c3ccc(Cl)cc3)C[C@@H]2C(C)C)CC1. The molecule has 2 aromatic rings. The Morgan fingerprint density at radius 1 is 0.861 bits per heavy atom. The van der Waals surface area contributed by atoms with Crippen molar-refractivity contribution < 1.29 is 9.59 Å². The summed E-state index contributed by atoms with van der Waals surface area (Å²) in [6, 6.07) is 16.4. The third-order valence-corrected chi connectivity index (χ3v) is 8.30. The minimum absolute atomic E-state index is 0.0638. The molecule has 2 amide bonds. The smallest absolute Gasteiger partial charge is 0.223 e. The van der Waals surface area contributed by atoms with Crippen LogP contribution in [0, 0.1) is 11.8 Å². The summed E-state index contributed by atoms with van der Waals surface area (Å²) in [5, 5.41) is 1.44. The molecule has 2 saturated heterocycles. The predicted octanol–water partition coefficient (Wildman–Crippen LogP) is 5.90.